The highest BCUT2D eigenvalue weighted by Crippen LogP contribution is 2.24. The fourth-order valence-corrected chi connectivity index (χ4v) is 4.22. The summed E-state index contributed by atoms with van der Waals surface area (Å²) in [5.41, 5.74) is 0.577. The van der Waals surface area contributed by atoms with Crippen molar-refractivity contribution < 1.29 is 22.7 Å². The molecule has 0 saturated heterocycles. The van der Waals surface area contributed by atoms with E-state index in [4.69, 9.17) is 0 Å². The molecule has 0 aliphatic rings. The molecule has 0 radical (unpaired) electrons. The van der Waals surface area contributed by atoms with Crippen LogP contribution in [0.4, 0.5) is 4.39 Å². The van der Waals surface area contributed by atoms with Gasteiger partial charge in [0.1, 0.15) is 5.82 Å². The van der Waals surface area contributed by atoms with Crippen molar-refractivity contribution in [1.82, 2.24) is 9.21 Å². The van der Waals surface area contributed by atoms with Gasteiger partial charge >= 0.3 is 5.97 Å². The fourth-order valence-electron chi connectivity index (χ4n) is 2.56. The van der Waals surface area contributed by atoms with Crippen molar-refractivity contribution >= 4 is 16.0 Å². The summed E-state index contributed by atoms with van der Waals surface area (Å²) in [6, 6.07) is 9.97. The molecule has 0 aliphatic carbocycles. The van der Waals surface area contributed by atoms with Crippen molar-refractivity contribution in [2.24, 2.45) is 0 Å². The van der Waals surface area contributed by atoms with Gasteiger partial charge in [0.2, 0.25) is 10.0 Å². The predicted molar refractivity (Wildman–Crippen MR) is 101 cm³/mol. The van der Waals surface area contributed by atoms with Gasteiger partial charge in [-0.05, 0) is 44.8 Å². The largest absolute Gasteiger partial charge is 0.478 e. The van der Waals surface area contributed by atoms with Crippen LogP contribution >= 0.6 is 0 Å². The molecule has 0 spiro atoms. The van der Waals surface area contributed by atoms with Crippen molar-refractivity contribution in [3.05, 3.63) is 65.0 Å². The van der Waals surface area contributed by atoms with Gasteiger partial charge in [-0.25, -0.2) is 17.6 Å². The molecule has 0 fully saturated rings. The number of carboxylic acids is 1. The predicted octanol–water partition coefficient (Wildman–Crippen LogP) is 2.58. The van der Waals surface area contributed by atoms with Gasteiger partial charge in [0, 0.05) is 25.2 Å². The number of aryl methyl sites for hydroxylation is 1. The standard InChI is InChI=1S/C19H23FN2O4S/c1-14-8-9-15(19(23)24)12-18(14)27(25,26)22(11-10-21(2)3)13-16-6-4-5-7-17(16)20/h4-9,12H,10-11,13H2,1-3H3,(H,23,24). The zero-order chi connectivity index (χ0) is 20.2. The Morgan fingerprint density at radius 2 is 1.78 bits per heavy atom. The second-order valence-corrected chi connectivity index (χ2v) is 8.43. The molecular formula is C19H23FN2O4S. The maximum Gasteiger partial charge on any atom is 0.335 e. The summed E-state index contributed by atoms with van der Waals surface area (Å²) in [6.45, 7) is 2.04. The molecule has 146 valence electrons. The lowest BCUT2D eigenvalue weighted by molar-refractivity contribution is 0.0696. The van der Waals surface area contributed by atoms with Gasteiger partial charge in [0.15, 0.2) is 0 Å². The van der Waals surface area contributed by atoms with Gasteiger partial charge in [0.25, 0.3) is 0 Å². The second-order valence-electron chi connectivity index (χ2n) is 6.52. The lowest BCUT2D eigenvalue weighted by Crippen LogP contribution is -2.36. The van der Waals surface area contributed by atoms with Crippen molar-refractivity contribution in [2.45, 2.75) is 18.4 Å². The normalized spacial score (nSPS) is 11.9. The molecule has 0 bridgehead atoms. The Morgan fingerprint density at radius 3 is 2.37 bits per heavy atom. The number of benzene rings is 2. The molecule has 0 heterocycles. The number of rotatable bonds is 8. The van der Waals surface area contributed by atoms with Gasteiger partial charge in [-0.1, -0.05) is 24.3 Å². The summed E-state index contributed by atoms with van der Waals surface area (Å²) < 4.78 is 41.8. The average Bonchev–Trinajstić information content (AvgIpc) is 2.59. The Balaban J connectivity index is 2.48. The maximum atomic E-state index is 14.1. The summed E-state index contributed by atoms with van der Waals surface area (Å²) in [7, 11) is -0.402. The number of halogens is 1. The lowest BCUT2D eigenvalue weighted by atomic mass is 10.1. The van der Waals surface area contributed by atoms with Crippen LogP contribution in [0, 0.1) is 12.7 Å². The average molecular weight is 394 g/mol. The smallest absolute Gasteiger partial charge is 0.335 e. The Kier molecular flexibility index (Phi) is 6.69. The third-order valence-electron chi connectivity index (χ3n) is 4.15. The summed E-state index contributed by atoms with van der Waals surface area (Å²) in [5, 5.41) is 9.19. The Labute approximate surface area is 158 Å². The molecule has 27 heavy (non-hydrogen) atoms. The number of carbonyl (C=O) groups is 1. The quantitative estimate of drug-likeness (QED) is 0.745. The molecule has 0 saturated carbocycles. The minimum Gasteiger partial charge on any atom is -0.478 e. The first-order valence-electron chi connectivity index (χ1n) is 8.35. The van der Waals surface area contributed by atoms with E-state index in [1.54, 1.807) is 13.0 Å². The molecule has 0 aromatic heterocycles. The third-order valence-corrected chi connectivity index (χ3v) is 6.14. The minimum absolute atomic E-state index is 0.0857. The Hall–Kier alpha value is -2.29. The van der Waals surface area contributed by atoms with Gasteiger partial charge in [-0.3, -0.25) is 0 Å². The first-order chi connectivity index (χ1) is 12.6. The van der Waals surface area contributed by atoms with Crippen molar-refractivity contribution in [3.8, 4) is 0 Å². The minimum atomic E-state index is -4.02. The first-order valence-corrected chi connectivity index (χ1v) is 9.79. The van der Waals surface area contributed by atoms with E-state index in [-0.39, 0.29) is 29.1 Å². The van der Waals surface area contributed by atoms with Gasteiger partial charge < -0.3 is 10.0 Å². The highest BCUT2D eigenvalue weighted by molar-refractivity contribution is 7.89. The second kappa shape index (κ2) is 8.60. The summed E-state index contributed by atoms with van der Waals surface area (Å²) in [6.07, 6.45) is 0. The van der Waals surface area contributed by atoms with Crippen LogP contribution in [0.25, 0.3) is 0 Å². The van der Waals surface area contributed by atoms with Crippen LogP contribution in [0.15, 0.2) is 47.4 Å². The van der Waals surface area contributed by atoms with Crippen LogP contribution in [-0.2, 0) is 16.6 Å². The van der Waals surface area contributed by atoms with Gasteiger partial charge in [-0.2, -0.15) is 4.31 Å². The summed E-state index contributed by atoms with van der Waals surface area (Å²) >= 11 is 0. The van der Waals surface area contributed by atoms with E-state index in [1.807, 2.05) is 19.0 Å². The topological polar surface area (TPSA) is 77.9 Å². The highest BCUT2D eigenvalue weighted by Gasteiger charge is 2.28. The zero-order valence-electron chi connectivity index (χ0n) is 15.5. The molecule has 8 heteroatoms. The lowest BCUT2D eigenvalue weighted by Gasteiger charge is -2.25. The Morgan fingerprint density at radius 1 is 1.11 bits per heavy atom. The number of carboxylic acid groups (broad SMARTS) is 1. The van der Waals surface area contributed by atoms with Crippen molar-refractivity contribution in [1.29, 1.82) is 0 Å². The molecule has 0 aliphatic heterocycles. The van der Waals surface area contributed by atoms with E-state index < -0.39 is 21.8 Å². The number of likely N-dealkylation sites (N-methyl/N-ethyl adjacent to an activating group) is 1. The zero-order valence-corrected chi connectivity index (χ0v) is 16.3. The summed E-state index contributed by atoms with van der Waals surface area (Å²) in [4.78, 5) is 13.0. The third kappa shape index (κ3) is 5.12. The number of hydrogen-bond acceptors (Lipinski definition) is 4. The molecule has 2 aromatic carbocycles. The van der Waals surface area contributed by atoms with Gasteiger partial charge in [-0.15, -0.1) is 0 Å². The molecule has 6 nitrogen and oxygen atoms in total. The van der Waals surface area contributed by atoms with Crippen LogP contribution in [0.3, 0.4) is 0 Å². The molecule has 2 aromatic rings. The van der Waals surface area contributed by atoms with E-state index in [2.05, 4.69) is 0 Å². The first kappa shape index (κ1) is 21.0. The van der Waals surface area contributed by atoms with E-state index in [9.17, 15) is 22.7 Å². The Bertz CT molecular complexity index is 929. The molecule has 0 unspecified atom stereocenters. The fraction of sp³-hybridized carbons (Fsp3) is 0.316. The number of hydrogen-bond donors (Lipinski definition) is 1. The summed E-state index contributed by atoms with van der Waals surface area (Å²) in [5.74, 6) is -1.70. The van der Waals surface area contributed by atoms with Crippen LogP contribution in [0.5, 0.6) is 0 Å². The highest BCUT2D eigenvalue weighted by atomic mass is 32.2. The molecule has 2 rings (SSSR count). The van der Waals surface area contributed by atoms with E-state index in [0.717, 1.165) is 6.07 Å². The maximum absolute atomic E-state index is 14.1. The van der Waals surface area contributed by atoms with Crippen molar-refractivity contribution in [2.75, 3.05) is 27.2 Å². The number of aromatic carboxylic acids is 1. The monoisotopic (exact) mass is 394 g/mol. The van der Waals surface area contributed by atoms with Crippen molar-refractivity contribution in [3.63, 3.8) is 0 Å². The van der Waals surface area contributed by atoms with Gasteiger partial charge in [0.05, 0.1) is 10.5 Å². The van der Waals surface area contributed by atoms with E-state index in [0.29, 0.717) is 12.1 Å². The molecule has 0 atom stereocenters. The molecule has 0 amide bonds. The number of nitrogens with zero attached hydrogens (tertiary/aromatic N) is 2. The SMILES string of the molecule is Cc1ccc(C(=O)O)cc1S(=O)(=O)N(CCN(C)C)Cc1ccccc1F. The van der Waals surface area contributed by atoms with Crippen LogP contribution in [0.2, 0.25) is 0 Å². The van der Waals surface area contributed by atoms with E-state index >= 15 is 0 Å². The molecule has 1 N–H and O–H groups in total. The van der Waals surface area contributed by atoms with Crippen LogP contribution < -0.4 is 0 Å². The molecular weight excluding hydrogens is 371 g/mol. The van der Waals surface area contributed by atoms with Crippen LogP contribution in [-0.4, -0.2) is 55.9 Å². The van der Waals surface area contributed by atoms with Crippen LogP contribution in [0.1, 0.15) is 21.5 Å². The van der Waals surface area contributed by atoms with E-state index in [1.165, 1.54) is 34.6 Å². The number of sulfonamides is 1.